The van der Waals surface area contributed by atoms with Crippen LogP contribution in [0.5, 0.6) is 17.2 Å². The number of aryl methyl sites for hydroxylation is 2. The van der Waals surface area contributed by atoms with Gasteiger partial charge in [0.2, 0.25) is 0 Å². The Labute approximate surface area is 254 Å². The number of hydrogen-bond donors (Lipinski definition) is 3. The van der Waals surface area contributed by atoms with Crippen molar-refractivity contribution in [3.63, 3.8) is 0 Å². The van der Waals surface area contributed by atoms with E-state index in [2.05, 4.69) is 24.3 Å². The minimum absolute atomic E-state index is 0.0587. The summed E-state index contributed by atoms with van der Waals surface area (Å²) in [7, 11) is 1.58. The van der Waals surface area contributed by atoms with Crippen LogP contribution < -0.4 is 9.47 Å². The normalized spacial score (nSPS) is 11.9. The number of ketones is 1. The van der Waals surface area contributed by atoms with Gasteiger partial charge in [0.15, 0.2) is 11.5 Å². The Kier molecular flexibility index (Phi) is 12.4. The smallest absolute Gasteiger partial charge is 0.161 e. The van der Waals surface area contributed by atoms with Crippen LogP contribution in [0, 0.1) is 0 Å². The summed E-state index contributed by atoms with van der Waals surface area (Å²) in [6, 6.07) is 25.1. The van der Waals surface area contributed by atoms with Crippen LogP contribution in [0.1, 0.15) is 73.6 Å². The number of phenols is 1. The van der Waals surface area contributed by atoms with Gasteiger partial charge in [-0.25, -0.2) is 0 Å². The first-order chi connectivity index (χ1) is 20.9. The second kappa shape index (κ2) is 16.7. The van der Waals surface area contributed by atoms with E-state index in [0.29, 0.717) is 30.8 Å². The van der Waals surface area contributed by atoms with Gasteiger partial charge < -0.3 is 24.8 Å². The topological polar surface area (TPSA) is 96.2 Å². The van der Waals surface area contributed by atoms with E-state index in [1.807, 2.05) is 42.5 Å². The maximum absolute atomic E-state index is 12.6. The van der Waals surface area contributed by atoms with E-state index in [1.165, 1.54) is 18.4 Å². The molecule has 3 N–H and O–H groups in total. The first-order valence-electron chi connectivity index (χ1n) is 15.3. The average molecular weight is 585 g/mol. The Morgan fingerprint density at radius 1 is 0.767 bits per heavy atom. The molecule has 228 valence electrons. The lowest BCUT2D eigenvalue weighted by Gasteiger charge is -2.15. The largest absolute Gasteiger partial charge is 0.508 e. The van der Waals surface area contributed by atoms with Crippen molar-refractivity contribution >= 4 is 16.6 Å². The Bertz CT molecular complexity index is 1450. The monoisotopic (exact) mass is 584 g/mol. The SMILES string of the molecule is COc1ccc(CCC(=O)CC(O)CCCCCCCc2ccccc2)cc1OCc1cc2ccc(O)cc2cc1CO. The quantitative estimate of drug-likeness (QED) is 0.105. The molecule has 43 heavy (non-hydrogen) atoms. The Morgan fingerprint density at radius 3 is 2.33 bits per heavy atom. The average Bonchev–Trinajstić information content (AvgIpc) is 3.02. The van der Waals surface area contributed by atoms with E-state index >= 15 is 0 Å². The molecule has 0 bridgehead atoms. The zero-order valence-corrected chi connectivity index (χ0v) is 25.1. The van der Waals surface area contributed by atoms with Crippen LogP contribution in [0.2, 0.25) is 0 Å². The third-order valence-electron chi connectivity index (χ3n) is 7.93. The van der Waals surface area contributed by atoms with Gasteiger partial charge in [-0.3, -0.25) is 4.79 Å². The lowest BCUT2D eigenvalue weighted by atomic mass is 10.00. The molecule has 4 aromatic rings. The maximum atomic E-state index is 12.6. The van der Waals surface area contributed by atoms with Gasteiger partial charge in [-0.15, -0.1) is 0 Å². The number of carbonyl (C=O) groups is 1. The summed E-state index contributed by atoms with van der Waals surface area (Å²) in [5.74, 6) is 1.38. The molecule has 0 fully saturated rings. The highest BCUT2D eigenvalue weighted by atomic mass is 16.5. The molecule has 0 saturated carbocycles. The lowest BCUT2D eigenvalue weighted by Crippen LogP contribution is -2.14. The number of carbonyl (C=O) groups excluding carboxylic acids is 1. The third-order valence-corrected chi connectivity index (χ3v) is 7.93. The second-order valence-corrected chi connectivity index (χ2v) is 11.3. The predicted octanol–water partition coefficient (Wildman–Crippen LogP) is 7.46. The molecule has 4 aromatic carbocycles. The molecule has 1 atom stereocenters. The first kappa shape index (κ1) is 32.1. The minimum Gasteiger partial charge on any atom is -0.508 e. The zero-order chi connectivity index (χ0) is 30.4. The number of aromatic hydroxyl groups is 1. The number of phenolic OH excluding ortho intramolecular Hbond substituents is 1. The highest BCUT2D eigenvalue weighted by Gasteiger charge is 2.13. The summed E-state index contributed by atoms with van der Waals surface area (Å²) >= 11 is 0. The van der Waals surface area contributed by atoms with E-state index in [0.717, 1.165) is 53.1 Å². The number of aliphatic hydroxyl groups excluding tert-OH is 2. The van der Waals surface area contributed by atoms with Gasteiger partial charge >= 0.3 is 0 Å². The summed E-state index contributed by atoms with van der Waals surface area (Å²) in [6.45, 7) is 0.0782. The highest BCUT2D eigenvalue weighted by molar-refractivity contribution is 5.85. The summed E-state index contributed by atoms with van der Waals surface area (Å²) in [4.78, 5) is 12.6. The van der Waals surface area contributed by atoms with Crippen LogP contribution in [-0.4, -0.2) is 34.3 Å². The number of fused-ring (bicyclic) bond motifs is 1. The summed E-state index contributed by atoms with van der Waals surface area (Å²) in [5.41, 5.74) is 3.89. The first-order valence-corrected chi connectivity index (χ1v) is 15.3. The van der Waals surface area contributed by atoms with E-state index in [1.54, 1.807) is 19.2 Å². The molecule has 0 spiro atoms. The van der Waals surface area contributed by atoms with Crippen molar-refractivity contribution in [3.8, 4) is 17.2 Å². The number of aliphatic hydroxyl groups is 2. The number of unbranched alkanes of at least 4 members (excludes halogenated alkanes) is 4. The Morgan fingerprint density at radius 2 is 1.53 bits per heavy atom. The van der Waals surface area contributed by atoms with Crippen LogP contribution in [0.25, 0.3) is 10.8 Å². The van der Waals surface area contributed by atoms with Crippen molar-refractivity contribution in [2.45, 2.75) is 83.5 Å². The number of methoxy groups -OCH3 is 1. The molecule has 0 radical (unpaired) electrons. The number of Topliss-reactive ketones (excluding diaryl/α,β-unsaturated/α-hetero) is 1. The van der Waals surface area contributed by atoms with E-state index in [-0.39, 0.29) is 31.2 Å². The molecule has 0 saturated heterocycles. The Balaban J connectivity index is 1.20. The van der Waals surface area contributed by atoms with Gasteiger partial charge in [-0.05, 0) is 95.1 Å². The van der Waals surface area contributed by atoms with Gasteiger partial charge in [0.25, 0.3) is 0 Å². The van der Waals surface area contributed by atoms with Gasteiger partial charge in [0.05, 0.1) is 19.8 Å². The number of benzene rings is 4. The van der Waals surface area contributed by atoms with Crippen molar-refractivity contribution in [2.75, 3.05) is 7.11 Å². The summed E-state index contributed by atoms with van der Waals surface area (Å²) in [5, 5.41) is 31.9. The highest BCUT2D eigenvalue weighted by Crippen LogP contribution is 2.31. The minimum atomic E-state index is -0.585. The molecule has 0 aromatic heterocycles. The molecule has 0 heterocycles. The maximum Gasteiger partial charge on any atom is 0.161 e. The molecule has 1 unspecified atom stereocenters. The van der Waals surface area contributed by atoms with Crippen LogP contribution in [0.4, 0.5) is 0 Å². The summed E-state index contributed by atoms with van der Waals surface area (Å²) < 4.78 is 11.6. The molecular formula is C37H44O6. The van der Waals surface area contributed by atoms with Crippen molar-refractivity contribution in [3.05, 3.63) is 101 Å². The van der Waals surface area contributed by atoms with Crippen molar-refractivity contribution in [2.24, 2.45) is 0 Å². The van der Waals surface area contributed by atoms with Crippen LogP contribution in [-0.2, 0) is 30.8 Å². The van der Waals surface area contributed by atoms with E-state index < -0.39 is 6.10 Å². The Hall–Kier alpha value is -3.87. The van der Waals surface area contributed by atoms with Crippen LogP contribution in [0.3, 0.4) is 0 Å². The predicted molar refractivity (Wildman–Crippen MR) is 171 cm³/mol. The van der Waals surface area contributed by atoms with Gasteiger partial charge in [0.1, 0.15) is 18.1 Å². The van der Waals surface area contributed by atoms with Gasteiger partial charge in [-0.1, -0.05) is 68.1 Å². The van der Waals surface area contributed by atoms with E-state index in [9.17, 15) is 20.1 Å². The van der Waals surface area contributed by atoms with Gasteiger partial charge in [-0.2, -0.15) is 0 Å². The molecule has 4 rings (SSSR count). The number of ether oxygens (including phenoxy) is 2. The van der Waals surface area contributed by atoms with Gasteiger partial charge in [0, 0.05) is 12.8 Å². The van der Waals surface area contributed by atoms with Crippen molar-refractivity contribution < 1.29 is 29.6 Å². The number of rotatable bonds is 18. The number of hydrogen-bond acceptors (Lipinski definition) is 6. The molecule has 0 aliphatic rings. The summed E-state index contributed by atoms with van der Waals surface area (Å²) in [6.07, 6.45) is 7.84. The fourth-order valence-electron chi connectivity index (χ4n) is 5.44. The fourth-order valence-corrected chi connectivity index (χ4v) is 5.44. The standard InChI is InChI=1S/C37H44O6/c1-42-36-19-15-28(20-37(36)43-26-32-21-29-16-18-34(40)23-30(29)22-31(32)25-38)14-17-35(41)24-33(39)13-9-4-2-3-6-10-27-11-7-5-8-12-27/h5,7-8,11-12,15-16,18-23,33,38-40H,2-4,6,9-10,13-14,17,24-26H2,1H3. The van der Waals surface area contributed by atoms with Crippen molar-refractivity contribution in [1.82, 2.24) is 0 Å². The molecule has 6 nitrogen and oxygen atoms in total. The fraction of sp³-hybridized carbons (Fsp3) is 0.378. The van der Waals surface area contributed by atoms with Crippen molar-refractivity contribution in [1.29, 1.82) is 0 Å². The van der Waals surface area contributed by atoms with E-state index in [4.69, 9.17) is 9.47 Å². The second-order valence-electron chi connectivity index (χ2n) is 11.3. The molecule has 0 aliphatic carbocycles. The molecule has 0 amide bonds. The molecular weight excluding hydrogens is 540 g/mol. The zero-order valence-electron chi connectivity index (χ0n) is 25.1. The third kappa shape index (κ3) is 10.1. The molecule has 6 heteroatoms. The molecule has 0 aliphatic heterocycles. The lowest BCUT2D eigenvalue weighted by molar-refractivity contribution is -0.121. The van der Waals surface area contributed by atoms with Crippen LogP contribution in [0.15, 0.2) is 78.9 Å². The van der Waals surface area contributed by atoms with Crippen LogP contribution >= 0.6 is 0 Å².